The molecule has 1 aliphatic heterocycles. The highest BCUT2D eigenvalue weighted by molar-refractivity contribution is 5.79. The quantitative estimate of drug-likeness (QED) is 0.590. The molecule has 2 aromatic rings. The maximum Gasteiger partial charge on any atom is 0.194 e. The number of nitrogens with one attached hydrogen (secondary N) is 1. The fraction of sp³-hybridized carbons (Fsp3) is 0.500. The first-order chi connectivity index (χ1) is 13.6. The van der Waals surface area contributed by atoms with Gasteiger partial charge in [-0.3, -0.25) is 4.99 Å². The summed E-state index contributed by atoms with van der Waals surface area (Å²) in [5.41, 5.74) is 2.51. The molecular formula is C22H33N5O. The number of methoxy groups -OCH3 is 1. The van der Waals surface area contributed by atoms with Crippen molar-refractivity contribution in [2.45, 2.75) is 19.9 Å². The highest BCUT2D eigenvalue weighted by Crippen LogP contribution is 2.27. The predicted octanol–water partition coefficient (Wildman–Crippen LogP) is 2.96. The molecule has 2 heterocycles. The summed E-state index contributed by atoms with van der Waals surface area (Å²) >= 11 is 0. The summed E-state index contributed by atoms with van der Waals surface area (Å²) in [5.74, 6) is 2.46. The fourth-order valence-corrected chi connectivity index (χ4v) is 3.69. The number of hydrogen-bond acceptors (Lipinski definition) is 3. The fourth-order valence-electron chi connectivity index (χ4n) is 3.69. The minimum Gasteiger partial charge on any atom is -0.497 e. The van der Waals surface area contributed by atoms with Gasteiger partial charge in [-0.1, -0.05) is 6.07 Å². The minimum atomic E-state index is 0.572. The van der Waals surface area contributed by atoms with Crippen LogP contribution in [0.4, 0.5) is 5.69 Å². The van der Waals surface area contributed by atoms with E-state index in [4.69, 9.17) is 9.73 Å². The van der Waals surface area contributed by atoms with Crippen LogP contribution in [0.15, 0.2) is 47.6 Å². The van der Waals surface area contributed by atoms with Crippen molar-refractivity contribution in [1.29, 1.82) is 0 Å². The van der Waals surface area contributed by atoms with Gasteiger partial charge in [0.1, 0.15) is 5.75 Å². The average Bonchev–Trinajstić information content (AvgIpc) is 3.34. The van der Waals surface area contributed by atoms with E-state index in [0.717, 1.165) is 44.4 Å². The summed E-state index contributed by atoms with van der Waals surface area (Å²) in [7, 11) is 5.90. The zero-order chi connectivity index (χ0) is 19.9. The Kier molecular flexibility index (Phi) is 6.85. The van der Waals surface area contributed by atoms with Gasteiger partial charge in [0.15, 0.2) is 5.96 Å². The number of benzene rings is 1. The van der Waals surface area contributed by atoms with Gasteiger partial charge < -0.3 is 24.4 Å². The Bertz CT molecular complexity index is 785. The van der Waals surface area contributed by atoms with Crippen LogP contribution in [0.5, 0.6) is 5.75 Å². The Morgan fingerprint density at radius 2 is 2.18 bits per heavy atom. The second-order valence-electron chi connectivity index (χ2n) is 7.46. The summed E-state index contributed by atoms with van der Waals surface area (Å²) in [6.07, 6.45) is 3.25. The number of hydrogen-bond donors (Lipinski definition) is 1. The molecule has 1 aromatic carbocycles. The predicted molar refractivity (Wildman–Crippen MR) is 116 cm³/mol. The van der Waals surface area contributed by atoms with Crippen molar-refractivity contribution in [2.75, 3.05) is 45.2 Å². The Morgan fingerprint density at radius 1 is 1.32 bits per heavy atom. The van der Waals surface area contributed by atoms with Crippen molar-refractivity contribution in [3.05, 3.63) is 48.3 Å². The largest absolute Gasteiger partial charge is 0.497 e. The molecule has 1 fully saturated rings. The van der Waals surface area contributed by atoms with Gasteiger partial charge in [0.2, 0.25) is 0 Å². The topological polar surface area (TPSA) is 45.0 Å². The molecule has 0 amide bonds. The van der Waals surface area contributed by atoms with Gasteiger partial charge in [-0.05, 0) is 43.5 Å². The molecule has 1 aromatic heterocycles. The van der Waals surface area contributed by atoms with Crippen LogP contribution in [0.25, 0.3) is 0 Å². The van der Waals surface area contributed by atoms with E-state index in [0.29, 0.717) is 5.92 Å². The third-order valence-electron chi connectivity index (χ3n) is 5.35. The van der Waals surface area contributed by atoms with Gasteiger partial charge in [-0.2, -0.15) is 0 Å². The lowest BCUT2D eigenvalue weighted by Gasteiger charge is -2.23. The first kappa shape index (κ1) is 20.1. The van der Waals surface area contributed by atoms with Crippen LogP contribution in [0.2, 0.25) is 0 Å². The third kappa shape index (κ3) is 5.00. The Morgan fingerprint density at radius 3 is 2.89 bits per heavy atom. The number of anilines is 1. The van der Waals surface area contributed by atoms with Crippen molar-refractivity contribution in [2.24, 2.45) is 18.0 Å². The molecule has 0 bridgehead atoms. The minimum absolute atomic E-state index is 0.572. The SMILES string of the molecule is CCNC(=NCC1CCN(c2cccc(OC)c2)C1)N(C)Cc1cccn1C. The first-order valence-corrected chi connectivity index (χ1v) is 10.1. The summed E-state index contributed by atoms with van der Waals surface area (Å²) < 4.78 is 7.52. The van der Waals surface area contributed by atoms with E-state index in [9.17, 15) is 0 Å². The van der Waals surface area contributed by atoms with Crippen LogP contribution in [0.3, 0.4) is 0 Å². The zero-order valence-electron chi connectivity index (χ0n) is 17.6. The second-order valence-corrected chi connectivity index (χ2v) is 7.46. The Labute approximate surface area is 168 Å². The lowest BCUT2D eigenvalue weighted by Crippen LogP contribution is -2.39. The molecule has 152 valence electrons. The van der Waals surface area contributed by atoms with E-state index >= 15 is 0 Å². The number of aliphatic imine (C=N–C) groups is 1. The Balaban J connectivity index is 1.59. The molecule has 1 atom stereocenters. The zero-order valence-corrected chi connectivity index (χ0v) is 17.6. The average molecular weight is 384 g/mol. The van der Waals surface area contributed by atoms with Gasteiger partial charge in [-0.15, -0.1) is 0 Å². The first-order valence-electron chi connectivity index (χ1n) is 10.1. The molecule has 28 heavy (non-hydrogen) atoms. The molecule has 1 saturated heterocycles. The molecule has 0 spiro atoms. The van der Waals surface area contributed by atoms with Gasteiger partial charge in [0.25, 0.3) is 0 Å². The summed E-state index contributed by atoms with van der Waals surface area (Å²) in [4.78, 5) is 9.57. The van der Waals surface area contributed by atoms with Gasteiger partial charge in [0, 0.05) is 63.9 Å². The van der Waals surface area contributed by atoms with Crippen LogP contribution in [0.1, 0.15) is 19.0 Å². The van der Waals surface area contributed by atoms with E-state index in [1.165, 1.54) is 17.8 Å². The van der Waals surface area contributed by atoms with Crippen LogP contribution in [-0.2, 0) is 13.6 Å². The van der Waals surface area contributed by atoms with E-state index in [2.05, 4.69) is 77.2 Å². The summed E-state index contributed by atoms with van der Waals surface area (Å²) in [6.45, 7) is 6.79. The van der Waals surface area contributed by atoms with E-state index < -0.39 is 0 Å². The third-order valence-corrected chi connectivity index (χ3v) is 5.35. The number of guanidine groups is 1. The molecule has 6 heteroatoms. The van der Waals surface area contributed by atoms with E-state index in [1.807, 2.05) is 6.07 Å². The van der Waals surface area contributed by atoms with Crippen LogP contribution < -0.4 is 15.0 Å². The van der Waals surface area contributed by atoms with Crippen molar-refractivity contribution in [1.82, 2.24) is 14.8 Å². The lowest BCUT2D eigenvalue weighted by atomic mass is 10.1. The van der Waals surface area contributed by atoms with Gasteiger partial charge >= 0.3 is 0 Å². The van der Waals surface area contributed by atoms with Crippen molar-refractivity contribution in [3.63, 3.8) is 0 Å². The number of aromatic nitrogens is 1. The molecule has 1 unspecified atom stereocenters. The summed E-state index contributed by atoms with van der Waals surface area (Å²) in [6, 6.07) is 12.6. The van der Waals surface area contributed by atoms with Crippen LogP contribution in [0, 0.1) is 5.92 Å². The molecule has 0 radical (unpaired) electrons. The molecule has 0 aliphatic carbocycles. The van der Waals surface area contributed by atoms with Crippen LogP contribution in [-0.4, -0.2) is 55.8 Å². The second kappa shape index (κ2) is 9.53. The number of ether oxygens (including phenoxy) is 1. The number of aryl methyl sites for hydroxylation is 1. The molecule has 3 rings (SSSR count). The lowest BCUT2D eigenvalue weighted by molar-refractivity contribution is 0.415. The van der Waals surface area contributed by atoms with Gasteiger partial charge in [-0.25, -0.2) is 0 Å². The monoisotopic (exact) mass is 383 g/mol. The number of rotatable bonds is 7. The highest BCUT2D eigenvalue weighted by atomic mass is 16.5. The highest BCUT2D eigenvalue weighted by Gasteiger charge is 2.23. The molecule has 1 aliphatic rings. The smallest absolute Gasteiger partial charge is 0.194 e. The van der Waals surface area contributed by atoms with Crippen molar-refractivity contribution in [3.8, 4) is 5.75 Å². The maximum absolute atomic E-state index is 5.36. The maximum atomic E-state index is 5.36. The molecule has 6 nitrogen and oxygen atoms in total. The normalized spacial score (nSPS) is 17.1. The van der Waals surface area contributed by atoms with E-state index in [-0.39, 0.29) is 0 Å². The molecule has 1 N–H and O–H groups in total. The van der Waals surface area contributed by atoms with Crippen molar-refractivity contribution >= 4 is 11.6 Å². The number of nitrogens with zero attached hydrogens (tertiary/aromatic N) is 4. The molecule has 0 saturated carbocycles. The van der Waals surface area contributed by atoms with Gasteiger partial charge in [0.05, 0.1) is 13.7 Å². The van der Waals surface area contributed by atoms with Crippen molar-refractivity contribution < 1.29 is 4.74 Å². The van der Waals surface area contributed by atoms with Crippen LogP contribution >= 0.6 is 0 Å². The van der Waals surface area contributed by atoms with E-state index in [1.54, 1.807) is 7.11 Å². The Hall–Kier alpha value is -2.63. The molecular weight excluding hydrogens is 350 g/mol. The summed E-state index contributed by atoms with van der Waals surface area (Å²) in [5, 5.41) is 3.43. The standard InChI is InChI=1S/C22H33N5O/c1-5-23-22(26(3)17-20-9-7-12-25(20)2)24-15-18-11-13-27(16-18)19-8-6-10-21(14-19)28-4/h6-10,12,14,18H,5,11,13,15-17H2,1-4H3,(H,23,24).